The summed E-state index contributed by atoms with van der Waals surface area (Å²) in [4.78, 5) is 7.15. The number of thiophene rings is 1. The molecule has 34 heavy (non-hydrogen) atoms. The van der Waals surface area contributed by atoms with E-state index in [1.54, 1.807) is 11.3 Å². The van der Waals surface area contributed by atoms with Crippen molar-refractivity contribution in [1.82, 2.24) is 9.88 Å². The number of ether oxygens (including phenoxy) is 1. The van der Waals surface area contributed by atoms with Crippen LogP contribution in [-0.4, -0.2) is 34.3 Å². The van der Waals surface area contributed by atoms with Crippen LogP contribution in [0.4, 0.5) is 10.8 Å². The van der Waals surface area contributed by atoms with E-state index < -0.39 is 0 Å². The van der Waals surface area contributed by atoms with Crippen molar-refractivity contribution in [3.8, 4) is 0 Å². The molecule has 0 bridgehead atoms. The first kappa shape index (κ1) is 25.6. The first-order chi connectivity index (χ1) is 16.4. The molecular weight excluding hydrogens is 458 g/mol. The van der Waals surface area contributed by atoms with Crippen molar-refractivity contribution in [2.24, 2.45) is 5.41 Å². The lowest BCUT2D eigenvalue weighted by Gasteiger charge is -2.40. The fourth-order valence-electron chi connectivity index (χ4n) is 4.73. The van der Waals surface area contributed by atoms with Crippen molar-refractivity contribution in [3.05, 3.63) is 47.9 Å². The smallest absolute Gasteiger partial charge is 0.130 e. The predicted molar refractivity (Wildman–Crippen MR) is 147 cm³/mol. The number of nitrogens with one attached hydrogen (secondary N) is 1. The van der Waals surface area contributed by atoms with Crippen LogP contribution in [0.5, 0.6) is 0 Å². The topological polar surface area (TPSA) is 37.4 Å². The third-order valence-electron chi connectivity index (χ3n) is 6.96. The van der Waals surface area contributed by atoms with Crippen molar-refractivity contribution in [1.29, 1.82) is 0 Å². The van der Waals surface area contributed by atoms with E-state index in [1.807, 2.05) is 18.0 Å². The number of pyridine rings is 1. The van der Waals surface area contributed by atoms with Crippen LogP contribution in [0.2, 0.25) is 0 Å². The standard InChI is InChI=1S/C28H41N3OS2/c1-5-6-15-27(2,3)23-10-9-16-28(4,32-23)21-33-26-14-13-25(34-26)30-24-12-11-22(19-29-24)20-31-17-7-8-18-31/h10-14,19H,5-9,15-18,20-21H2,1-4H3,(H,29,30). The van der Waals surface area contributed by atoms with Gasteiger partial charge in [0.25, 0.3) is 0 Å². The molecule has 4 nitrogen and oxygen atoms in total. The van der Waals surface area contributed by atoms with Crippen LogP contribution >= 0.6 is 23.1 Å². The normalized spacial score (nSPS) is 21.4. The molecule has 0 aromatic carbocycles. The summed E-state index contributed by atoms with van der Waals surface area (Å²) in [5, 5.41) is 4.62. The van der Waals surface area contributed by atoms with Gasteiger partial charge in [-0.2, -0.15) is 0 Å². The van der Waals surface area contributed by atoms with Gasteiger partial charge in [0, 0.05) is 23.9 Å². The van der Waals surface area contributed by atoms with Crippen LogP contribution < -0.4 is 5.32 Å². The molecular formula is C28H41N3OS2. The van der Waals surface area contributed by atoms with E-state index >= 15 is 0 Å². The van der Waals surface area contributed by atoms with Gasteiger partial charge in [-0.05, 0) is 82.0 Å². The molecule has 4 rings (SSSR count). The van der Waals surface area contributed by atoms with Crippen molar-refractivity contribution < 1.29 is 4.74 Å². The van der Waals surface area contributed by atoms with Gasteiger partial charge >= 0.3 is 0 Å². The fourth-order valence-corrected chi connectivity index (χ4v) is 6.87. The third kappa shape index (κ3) is 7.02. The maximum Gasteiger partial charge on any atom is 0.130 e. The SMILES string of the molecule is CCCCC(C)(C)C1=CCCC(C)(CSc2ccc(Nc3ccc(CN4CCCC4)cn3)s2)O1. The second kappa shape index (κ2) is 11.5. The number of nitrogens with zero attached hydrogens (tertiary/aromatic N) is 2. The van der Waals surface area contributed by atoms with Gasteiger partial charge in [-0.1, -0.05) is 39.7 Å². The summed E-state index contributed by atoms with van der Waals surface area (Å²) in [5.41, 5.74) is 1.31. The highest BCUT2D eigenvalue weighted by Gasteiger charge is 2.35. The lowest BCUT2D eigenvalue weighted by atomic mass is 9.82. The highest BCUT2D eigenvalue weighted by molar-refractivity contribution is 8.01. The average molecular weight is 500 g/mol. The molecule has 0 amide bonds. The summed E-state index contributed by atoms with van der Waals surface area (Å²) in [6, 6.07) is 8.68. The molecule has 2 aliphatic heterocycles. The molecule has 0 saturated carbocycles. The summed E-state index contributed by atoms with van der Waals surface area (Å²) < 4.78 is 7.95. The quantitative estimate of drug-likeness (QED) is 0.315. The van der Waals surface area contributed by atoms with E-state index in [0.29, 0.717) is 0 Å². The second-order valence-electron chi connectivity index (χ2n) is 10.7. The number of hydrogen-bond acceptors (Lipinski definition) is 6. The Labute approximate surface area is 214 Å². The Morgan fingerprint density at radius 2 is 2.03 bits per heavy atom. The molecule has 4 heterocycles. The minimum absolute atomic E-state index is 0.109. The van der Waals surface area contributed by atoms with Crippen molar-refractivity contribution in [2.45, 2.75) is 89.0 Å². The summed E-state index contributed by atoms with van der Waals surface area (Å²) >= 11 is 3.70. The number of anilines is 2. The number of unbranched alkanes of at least 4 members (excludes halogenated alkanes) is 1. The first-order valence-corrected chi connectivity index (χ1v) is 14.7. The number of thioether (sulfide) groups is 1. The molecule has 0 spiro atoms. The third-order valence-corrected chi connectivity index (χ3v) is 9.54. The van der Waals surface area contributed by atoms with E-state index in [9.17, 15) is 0 Å². The number of rotatable bonds is 11. The zero-order valence-corrected chi connectivity index (χ0v) is 23.0. The zero-order valence-electron chi connectivity index (χ0n) is 21.4. The van der Waals surface area contributed by atoms with Gasteiger partial charge in [0.15, 0.2) is 0 Å². The van der Waals surface area contributed by atoms with Crippen molar-refractivity contribution in [2.75, 3.05) is 24.2 Å². The van der Waals surface area contributed by atoms with E-state index in [2.05, 4.69) is 73.2 Å². The van der Waals surface area contributed by atoms with Crippen LogP contribution in [0.15, 0.2) is 46.5 Å². The van der Waals surface area contributed by atoms with Crippen molar-refractivity contribution >= 4 is 33.9 Å². The Balaban J connectivity index is 1.28. The summed E-state index contributed by atoms with van der Waals surface area (Å²) in [5.74, 6) is 3.08. The summed E-state index contributed by atoms with van der Waals surface area (Å²) in [6.45, 7) is 12.7. The maximum absolute atomic E-state index is 6.63. The largest absolute Gasteiger partial charge is 0.491 e. The molecule has 2 aromatic rings. The maximum atomic E-state index is 6.63. The second-order valence-corrected chi connectivity index (χ2v) is 13.1. The Morgan fingerprint density at radius 1 is 1.21 bits per heavy atom. The lowest BCUT2D eigenvalue weighted by Crippen LogP contribution is -2.37. The number of hydrogen-bond donors (Lipinski definition) is 1. The summed E-state index contributed by atoms with van der Waals surface area (Å²) in [7, 11) is 0. The molecule has 1 unspecified atom stereocenters. The lowest BCUT2D eigenvalue weighted by molar-refractivity contribution is -0.0122. The molecule has 0 radical (unpaired) electrons. The molecule has 1 saturated heterocycles. The fraction of sp³-hybridized carbons (Fsp3) is 0.607. The first-order valence-electron chi connectivity index (χ1n) is 12.9. The average Bonchev–Trinajstić information content (AvgIpc) is 3.50. The molecule has 186 valence electrons. The Bertz CT molecular complexity index is 947. The Kier molecular flexibility index (Phi) is 8.65. The highest BCUT2D eigenvalue weighted by Crippen LogP contribution is 2.43. The highest BCUT2D eigenvalue weighted by atomic mass is 32.2. The number of likely N-dealkylation sites (tertiary alicyclic amines) is 1. The van der Waals surface area contributed by atoms with Gasteiger partial charge in [-0.25, -0.2) is 4.98 Å². The van der Waals surface area contributed by atoms with Crippen LogP contribution in [-0.2, 0) is 11.3 Å². The van der Waals surface area contributed by atoms with Gasteiger partial charge in [-0.3, -0.25) is 4.90 Å². The summed E-state index contributed by atoms with van der Waals surface area (Å²) in [6.07, 6.45) is 12.9. The van der Waals surface area contributed by atoms with Crippen LogP contribution in [0, 0.1) is 5.41 Å². The minimum Gasteiger partial charge on any atom is -0.491 e. The molecule has 2 aromatic heterocycles. The molecule has 1 atom stereocenters. The van der Waals surface area contributed by atoms with Gasteiger partial charge < -0.3 is 10.1 Å². The van der Waals surface area contributed by atoms with E-state index in [4.69, 9.17) is 4.74 Å². The van der Waals surface area contributed by atoms with Gasteiger partial charge in [0.2, 0.25) is 0 Å². The zero-order chi connectivity index (χ0) is 24.0. The van der Waals surface area contributed by atoms with E-state index in [-0.39, 0.29) is 11.0 Å². The minimum atomic E-state index is -0.109. The number of allylic oxidation sites excluding steroid dienone is 2. The molecule has 6 heteroatoms. The van der Waals surface area contributed by atoms with Gasteiger partial charge in [0.1, 0.15) is 11.4 Å². The molecule has 1 fully saturated rings. The Morgan fingerprint density at radius 3 is 2.76 bits per heavy atom. The molecule has 2 aliphatic rings. The molecule has 0 aliphatic carbocycles. The Hall–Kier alpha value is -1.50. The number of aromatic nitrogens is 1. The van der Waals surface area contributed by atoms with Gasteiger partial charge in [0.05, 0.1) is 15.0 Å². The van der Waals surface area contributed by atoms with Crippen LogP contribution in [0.25, 0.3) is 0 Å². The van der Waals surface area contributed by atoms with Crippen LogP contribution in [0.3, 0.4) is 0 Å². The van der Waals surface area contributed by atoms with E-state index in [1.165, 1.54) is 60.7 Å². The van der Waals surface area contributed by atoms with Gasteiger partial charge in [-0.15, -0.1) is 23.1 Å². The van der Waals surface area contributed by atoms with Crippen molar-refractivity contribution in [3.63, 3.8) is 0 Å². The molecule has 1 N–H and O–H groups in total. The van der Waals surface area contributed by atoms with Crippen LogP contribution in [0.1, 0.15) is 78.2 Å². The van der Waals surface area contributed by atoms with E-state index in [0.717, 1.165) is 36.0 Å². The monoisotopic (exact) mass is 499 g/mol. The predicted octanol–water partition coefficient (Wildman–Crippen LogP) is 8.24.